The molecule has 4 aromatic rings. The molecule has 0 aliphatic carbocycles. The van der Waals surface area contributed by atoms with Gasteiger partial charge in [0, 0.05) is 5.56 Å². The van der Waals surface area contributed by atoms with E-state index in [1.807, 2.05) is 30.3 Å². The topological polar surface area (TPSA) is 125 Å². The number of carbonyl (C=O) groups is 3. The molecule has 0 saturated carbocycles. The third kappa shape index (κ3) is 3.81. The summed E-state index contributed by atoms with van der Waals surface area (Å²) in [6.45, 7) is 1.02. The van der Waals surface area contributed by atoms with E-state index >= 15 is 0 Å². The summed E-state index contributed by atoms with van der Waals surface area (Å²) in [7, 11) is 0. The molecule has 30 heavy (non-hydrogen) atoms. The van der Waals surface area contributed by atoms with Crippen LogP contribution in [0.5, 0.6) is 0 Å². The highest BCUT2D eigenvalue weighted by atomic mass is 16.5. The monoisotopic (exact) mass is 405 g/mol. The van der Waals surface area contributed by atoms with Crippen molar-refractivity contribution in [2.75, 3.05) is 6.61 Å². The van der Waals surface area contributed by atoms with Crippen LogP contribution in [0.15, 0.2) is 63.7 Å². The van der Waals surface area contributed by atoms with E-state index in [0.717, 1.165) is 5.56 Å². The second kappa shape index (κ2) is 8.00. The van der Waals surface area contributed by atoms with Crippen molar-refractivity contribution in [3.63, 3.8) is 0 Å². The van der Waals surface area contributed by atoms with Crippen molar-refractivity contribution in [2.24, 2.45) is 0 Å². The zero-order valence-electron chi connectivity index (χ0n) is 15.7. The van der Waals surface area contributed by atoms with Crippen LogP contribution in [-0.2, 0) is 9.53 Å². The fourth-order valence-corrected chi connectivity index (χ4v) is 2.85. The number of hydrogen-bond donors (Lipinski definition) is 1. The minimum atomic E-state index is -0.791. The summed E-state index contributed by atoms with van der Waals surface area (Å²) in [5, 5.41) is 6.33. The maximum Gasteiger partial charge on any atom is 0.339 e. The second-order valence-electron chi connectivity index (χ2n) is 6.30. The zero-order chi connectivity index (χ0) is 21.1. The molecule has 0 saturated heterocycles. The van der Waals surface area contributed by atoms with Gasteiger partial charge in [0.05, 0.1) is 28.6 Å². The van der Waals surface area contributed by atoms with Gasteiger partial charge in [-0.1, -0.05) is 35.5 Å². The van der Waals surface area contributed by atoms with E-state index in [1.165, 1.54) is 18.4 Å². The summed E-state index contributed by atoms with van der Waals surface area (Å²) in [6.07, 6.45) is 1.31. The Labute approximate surface area is 169 Å². The SMILES string of the molecule is Cc1noc2nc(-c3ccccc3)cc(C(=O)OCC(=O)NC(=O)c3ccco3)c12. The molecule has 0 bridgehead atoms. The summed E-state index contributed by atoms with van der Waals surface area (Å²) >= 11 is 0. The van der Waals surface area contributed by atoms with Gasteiger partial charge in [0.25, 0.3) is 17.5 Å². The van der Waals surface area contributed by atoms with E-state index in [9.17, 15) is 14.4 Å². The standard InChI is InChI=1S/C21H15N3O6/c1-12-18-14(10-15(22-20(18)30-24-12)13-6-3-2-4-7-13)21(27)29-11-17(25)23-19(26)16-8-5-9-28-16/h2-10H,11H2,1H3,(H,23,25,26). The van der Waals surface area contributed by atoms with Crippen LogP contribution in [-0.4, -0.2) is 34.5 Å². The molecule has 0 aliphatic heterocycles. The van der Waals surface area contributed by atoms with Crippen LogP contribution in [0.2, 0.25) is 0 Å². The van der Waals surface area contributed by atoms with Crippen molar-refractivity contribution >= 4 is 28.9 Å². The highest BCUT2D eigenvalue weighted by molar-refractivity contribution is 6.06. The highest BCUT2D eigenvalue weighted by Gasteiger charge is 2.22. The molecule has 0 fully saturated rings. The Morgan fingerprint density at radius 1 is 1.10 bits per heavy atom. The van der Waals surface area contributed by atoms with Crippen molar-refractivity contribution in [3.8, 4) is 11.3 Å². The molecule has 150 valence electrons. The molecule has 0 unspecified atom stereocenters. The average molecular weight is 405 g/mol. The number of pyridine rings is 1. The zero-order valence-corrected chi connectivity index (χ0v) is 15.7. The lowest BCUT2D eigenvalue weighted by Gasteiger charge is -2.08. The van der Waals surface area contributed by atoms with E-state index in [2.05, 4.69) is 15.5 Å². The normalized spacial score (nSPS) is 10.7. The third-order valence-electron chi connectivity index (χ3n) is 4.24. The molecular formula is C21H15N3O6. The number of nitrogens with one attached hydrogen (secondary N) is 1. The number of carbonyl (C=O) groups excluding carboxylic acids is 3. The number of ether oxygens (including phenoxy) is 1. The first kappa shape index (κ1) is 19.1. The quantitative estimate of drug-likeness (QED) is 0.503. The van der Waals surface area contributed by atoms with E-state index in [0.29, 0.717) is 16.8 Å². The number of benzene rings is 1. The van der Waals surface area contributed by atoms with Crippen LogP contribution in [0.25, 0.3) is 22.4 Å². The van der Waals surface area contributed by atoms with E-state index in [1.54, 1.807) is 13.0 Å². The molecule has 4 rings (SSSR count). The highest BCUT2D eigenvalue weighted by Crippen LogP contribution is 2.27. The second-order valence-corrected chi connectivity index (χ2v) is 6.30. The van der Waals surface area contributed by atoms with Gasteiger partial charge >= 0.3 is 5.97 Å². The minimum absolute atomic E-state index is 0.0295. The Bertz CT molecular complexity index is 1230. The number of furan rings is 1. The van der Waals surface area contributed by atoms with E-state index in [-0.39, 0.29) is 17.0 Å². The summed E-state index contributed by atoms with van der Waals surface area (Å²) in [5.41, 5.74) is 2.05. The van der Waals surface area contributed by atoms with Gasteiger partial charge in [0.2, 0.25) is 0 Å². The molecule has 0 aliphatic rings. The largest absolute Gasteiger partial charge is 0.459 e. The number of aromatic nitrogens is 2. The third-order valence-corrected chi connectivity index (χ3v) is 4.24. The number of imide groups is 1. The van der Waals surface area contributed by atoms with Crippen molar-refractivity contribution < 1.29 is 28.1 Å². The fourth-order valence-electron chi connectivity index (χ4n) is 2.85. The Kier molecular flexibility index (Phi) is 5.08. The van der Waals surface area contributed by atoms with Crippen LogP contribution < -0.4 is 5.32 Å². The Balaban J connectivity index is 1.54. The summed E-state index contributed by atoms with van der Waals surface area (Å²) < 4.78 is 15.2. The number of fused-ring (bicyclic) bond motifs is 1. The lowest BCUT2D eigenvalue weighted by molar-refractivity contribution is -0.123. The predicted octanol–water partition coefficient (Wildman–Crippen LogP) is 2.90. The van der Waals surface area contributed by atoms with Gasteiger partial charge in [-0.2, -0.15) is 0 Å². The Morgan fingerprint density at radius 3 is 2.63 bits per heavy atom. The summed E-state index contributed by atoms with van der Waals surface area (Å²) in [6, 6.07) is 13.7. The van der Waals surface area contributed by atoms with Gasteiger partial charge in [-0.25, -0.2) is 9.78 Å². The summed E-state index contributed by atoms with van der Waals surface area (Å²) in [4.78, 5) is 40.9. The first-order valence-corrected chi connectivity index (χ1v) is 8.90. The number of hydrogen-bond acceptors (Lipinski definition) is 8. The van der Waals surface area contributed by atoms with E-state index in [4.69, 9.17) is 13.7 Å². The molecule has 0 radical (unpaired) electrons. The van der Waals surface area contributed by atoms with Crippen molar-refractivity contribution in [2.45, 2.75) is 6.92 Å². The Hall–Kier alpha value is -4.27. The van der Waals surface area contributed by atoms with Crippen LogP contribution in [0.3, 0.4) is 0 Å². The molecule has 1 N–H and O–H groups in total. The van der Waals surface area contributed by atoms with Crippen molar-refractivity contribution in [3.05, 3.63) is 71.8 Å². The lowest BCUT2D eigenvalue weighted by Crippen LogP contribution is -2.34. The first-order chi connectivity index (χ1) is 14.5. The molecule has 0 spiro atoms. The first-order valence-electron chi connectivity index (χ1n) is 8.90. The number of nitrogens with zero attached hydrogens (tertiary/aromatic N) is 2. The maximum absolute atomic E-state index is 12.7. The van der Waals surface area contributed by atoms with Gasteiger partial charge in [0.15, 0.2) is 12.4 Å². The maximum atomic E-state index is 12.7. The van der Waals surface area contributed by atoms with Gasteiger partial charge in [-0.3, -0.25) is 14.9 Å². The van der Waals surface area contributed by atoms with E-state index < -0.39 is 24.4 Å². The molecular weight excluding hydrogens is 390 g/mol. The summed E-state index contributed by atoms with van der Waals surface area (Å²) in [5.74, 6) is -2.32. The van der Waals surface area contributed by atoms with Crippen molar-refractivity contribution in [1.82, 2.24) is 15.5 Å². The van der Waals surface area contributed by atoms with Gasteiger partial charge in [-0.15, -0.1) is 0 Å². The van der Waals surface area contributed by atoms with Crippen LogP contribution in [0.4, 0.5) is 0 Å². The van der Waals surface area contributed by atoms with Gasteiger partial charge in [0.1, 0.15) is 0 Å². The molecule has 0 atom stereocenters. The van der Waals surface area contributed by atoms with Crippen molar-refractivity contribution in [1.29, 1.82) is 0 Å². The predicted molar refractivity (Wildman–Crippen MR) is 103 cm³/mol. The number of aryl methyl sites for hydroxylation is 1. The number of rotatable bonds is 5. The Morgan fingerprint density at radius 2 is 1.90 bits per heavy atom. The van der Waals surface area contributed by atoms with Crippen LogP contribution >= 0.6 is 0 Å². The number of amides is 2. The molecule has 9 nitrogen and oxygen atoms in total. The van der Waals surface area contributed by atoms with Gasteiger partial charge < -0.3 is 13.7 Å². The smallest absolute Gasteiger partial charge is 0.339 e. The molecule has 9 heteroatoms. The lowest BCUT2D eigenvalue weighted by atomic mass is 10.1. The van der Waals surface area contributed by atoms with Crippen LogP contribution in [0.1, 0.15) is 26.6 Å². The van der Waals surface area contributed by atoms with Gasteiger partial charge in [-0.05, 0) is 25.1 Å². The fraction of sp³-hybridized carbons (Fsp3) is 0.0952. The molecule has 3 heterocycles. The molecule has 3 aromatic heterocycles. The average Bonchev–Trinajstić information content (AvgIpc) is 3.42. The molecule has 1 aromatic carbocycles. The van der Waals surface area contributed by atoms with Crippen LogP contribution in [0, 0.1) is 6.92 Å². The number of esters is 1. The minimum Gasteiger partial charge on any atom is -0.459 e. The molecule has 2 amide bonds.